The highest BCUT2D eigenvalue weighted by molar-refractivity contribution is 9.10. The molecule has 0 bridgehead atoms. The molecule has 0 aliphatic carbocycles. The van der Waals surface area contributed by atoms with Gasteiger partial charge < -0.3 is 15.0 Å². The molecular formula is C22H27BrN2O3. The summed E-state index contributed by atoms with van der Waals surface area (Å²) in [5.41, 5.74) is 0.968. The molecule has 1 N–H and O–H groups in total. The lowest BCUT2D eigenvalue weighted by Crippen LogP contribution is -2.51. The van der Waals surface area contributed by atoms with Gasteiger partial charge in [-0.2, -0.15) is 0 Å². The first-order valence-corrected chi connectivity index (χ1v) is 10.2. The number of hydrogen-bond acceptors (Lipinski definition) is 3. The molecule has 0 aromatic heterocycles. The Balaban J connectivity index is 2.16. The highest BCUT2D eigenvalue weighted by Crippen LogP contribution is 2.17. The zero-order valence-corrected chi connectivity index (χ0v) is 18.1. The molecule has 0 fully saturated rings. The summed E-state index contributed by atoms with van der Waals surface area (Å²) >= 11 is 3.37. The van der Waals surface area contributed by atoms with Gasteiger partial charge in [-0.05, 0) is 50.1 Å². The molecule has 150 valence electrons. The largest absolute Gasteiger partial charge is 0.484 e. The highest BCUT2D eigenvalue weighted by atomic mass is 79.9. The number of carbonyl (C=O) groups excluding carboxylic acids is 2. The Hall–Kier alpha value is -2.34. The Kier molecular flexibility index (Phi) is 8.51. The molecule has 0 saturated carbocycles. The lowest BCUT2D eigenvalue weighted by atomic mass is 10.1. The molecule has 0 aliphatic rings. The van der Waals surface area contributed by atoms with Crippen molar-refractivity contribution in [3.63, 3.8) is 0 Å². The second-order valence-electron chi connectivity index (χ2n) is 6.84. The number of nitrogens with one attached hydrogen (secondary N) is 1. The minimum Gasteiger partial charge on any atom is -0.484 e. The lowest BCUT2D eigenvalue weighted by molar-refractivity contribution is -0.143. The van der Waals surface area contributed by atoms with Crippen LogP contribution in [-0.2, 0) is 16.1 Å². The number of hydrogen-bond donors (Lipinski definition) is 1. The van der Waals surface area contributed by atoms with Crippen LogP contribution < -0.4 is 10.1 Å². The molecule has 2 aromatic carbocycles. The number of carbonyl (C=O) groups is 2. The third-order valence-corrected chi connectivity index (χ3v) is 4.72. The second kappa shape index (κ2) is 10.9. The van der Waals surface area contributed by atoms with Crippen LogP contribution in [0.3, 0.4) is 0 Å². The van der Waals surface area contributed by atoms with Crippen LogP contribution in [0.2, 0.25) is 0 Å². The smallest absolute Gasteiger partial charge is 0.261 e. The van der Waals surface area contributed by atoms with Crippen molar-refractivity contribution in [3.05, 3.63) is 64.6 Å². The topological polar surface area (TPSA) is 58.6 Å². The highest BCUT2D eigenvalue weighted by Gasteiger charge is 2.29. The van der Waals surface area contributed by atoms with Gasteiger partial charge in [0.15, 0.2) is 6.61 Å². The van der Waals surface area contributed by atoms with Gasteiger partial charge in [0, 0.05) is 17.1 Å². The summed E-state index contributed by atoms with van der Waals surface area (Å²) in [6.07, 6.45) is 0.523. The second-order valence-corrected chi connectivity index (χ2v) is 7.75. The molecular weight excluding hydrogens is 420 g/mol. The SMILES string of the molecule is CCC(C(=O)NC(C)C)N(Cc1ccccc1)C(=O)COc1ccc(Br)cc1. The molecule has 0 spiro atoms. The maximum atomic E-state index is 13.0. The van der Waals surface area contributed by atoms with Gasteiger partial charge in [0.2, 0.25) is 5.91 Å². The molecule has 28 heavy (non-hydrogen) atoms. The number of rotatable bonds is 9. The third-order valence-electron chi connectivity index (χ3n) is 4.19. The molecule has 6 heteroatoms. The first-order chi connectivity index (χ1) is 13.4. The average molecular weight is 447 g/mol. The molecule has 5 nitrogen and oxygen atoms in total. The van der Waals surface area contributed by atoms with E-state index in [1.807, 2.05) is 63.2 Å². The number of amides is 2. The predicted octanol–water partition coefficient (Wildman–Crippen LogP) is 4.16. The van der Waals surface area contributed by atoms with Gasteiger partial charge in [0.05, 0.1) is 0 Å². The van der Waals surface area contributed by atoms with Gasteiger partial charge in [-0.3, -0.25) is 9.59 Å². The summed E-state index contributed by atoms with van der Waals surface area (Å²) in [7, 11) is 0. The van der Waals surface area contributed by atoms with Gasteiger partial charge in [0.25, 0.3) is 5.91 Å². The van der Waals surface area contributed by atoms with E-state index in [0.29, 0.717) is 18.7 Å². The van der Waals surface area contributed by atoms with Gasteiger partial charge in [-0.25, -0.2) is 0 Å². The standard InChI is InChI=1S/C22H27BrN2O3/c1-4-20(22(27)24-16(2)3)25(14-17-8-6-5-7-9-17)21(26)15-28-19-12-10-18(23)11-13-19/h5-13,16,20H,4,14-15H2,1-3H3,(H,24,27). The molecule has 2 amide bonds. The summed E-state index contributed by atoms with van der Waals surface area (Å²) in [5.74, 6) is 0.235. The van der Waals surface area contributed by atoms with Crippen LogP contribution in [-0.4, -0.2) is 35.4 Å². The fraction of sp³-hybridized carbons (Fsp3) is 0.364. The van der Waals surface area contributed by atoms with Crippen molar-refractivity contribution in [2.75, 3.05) is 6.61 Å². The fourth-order valence-corrected chi connectivity index (χ4v) is 3.10. The normalized spacial score (nSPS) is 11.8. The molecule has 2 aromatic rings. The minimum absolute atomic E-state index is 0.00856. The lowest BCUT2D eigenvalue weighted by Gasteiger charge is -2.31. The number of ether oxygens (including phenoxy) is 1. The summed E-state index contributed by atoms with van der Waals surface area (Å²) in [4.78, 5) is 27.3. The molecule has 0 saturated heterocycles. The van der Waals surface area contributed by atoms with Crippen LogP contribution in [0.15, 0.2) is 59.1 Å². The third kappa shape index (κ3) is 6.68. The van der Waals surface area contributed by atoms with Crippen LogP contribution in [0.1, 0.15) is 32.8 Å². The van der Waals surface area contributed by atoms with Gasteiger partial charge in [0.1, 0.15) is 11.8 Å². The Morgan fingerprint density at radius 3 is 2.29 bits per heavy atom. The molecule has 0 heterocycles. The molecule has 0 radical (unpaired) electrons. The van der Waals surface area contributed by atoms with E-state index in [4.69, 9.17) is 4.74 Å². The zero-order valence-electron chi connectivity index (χ0n) is 16.5. The molecule has 1 atom stereocenters. The quantitative estimate of drug-likeness (QED) is 0.628. The van der Waals surface area contributed by atoms with Gasteiger partial charge >= 0.3 is 0 Å². The van der Waals surface area contributed by atoms with E-state index in [0.717, 1.165) is 10.0 Å². The predicted molar refractivity (Wildman–Crippen MR) is 114 cm³/mol. The maximum Gasteiger partial charge on any atom is 0.261 e. The van der Waals surface area contributed by atoms with E-state index in [-0.39, 0.29) is 24.5 Å². The number of halogens is 1. The van der Waals surface area contributed by atoms with E-state index < -0.39 is 6.04 Å². The zero-order chi connectivity index (χ0) is 20.5. The monoisotopic (exact) mass is 446 g/mol. The van der Waals surface area contributed by atoms with E-state index in [1.165, 1.54) is 0 Å². The molecule has 0 aliphatic heterocycles. The van der Waals surface area contributed by atoms with E-state index in [1.54, 1.807) is 17.0 Å². The van der Waals surface area contributed by atoms with Gasteiger partial charge in [-0.1, -0.05) is 53.2 Å². The van der Waals surface area contributed by atoms with Crippen molar-refractivity contribution in [2.24, 2.45) is 0 Å². The van der Waals surface area contributed by atoms with E-state index in [2.05, 4.69) is 21.2 Å². The summed E-state index contributed by atoms with van der Waals surface area (Å²) < 4.78 is 6.59. The van der Waals surface area contributed by atoms with Crippen LogP contribution in [0, 0.1) is 0 Å². The van der Waals surface area contributed by atoms with Crippen LogP contribution >= 0.6 is 15.9 Å². The number of benzene rings is 2. The average Bonchev–Trinajstić information content (AvgIpc) is 2.67. The van der Waals surface area contributed by atoms with Crippen LogP contribution in [0.5, 0.6) is 5.75 Å². The van der Waals surface area contributed by atoms with Crippen molar-refractivity contribution >= 4 is 27.7 Å². The first-order valence-electron chi connectivity index (χ1n) is 9.42. The summed E-state index contributed by atoms with van der Waals surface area (Å²) in [6.45, 7) is 5.95. The number of nitrogens with zero attached hydrogens (tertiary/aromatic N) is 1. The van der Waals surface area contributed by atoms with Crippen molar-refractivity contribution in [3.8, 4) is 5.75 Å². The maximum absolute atomic E-state index is 13.0. The minimum atomic E-state index is -0.552. The summed E-state index contributed by atoms with van der Waals surface area (Å²) in [5, 5.41) is 2.92. The van der Waals surface area contributed by atoms with Crippen LogP contribution in [0.25, 0.3) is 0 Å². The fourth-order valence-electron chi connectivity index (χ4n) is 2.84. The van der Waals surface area contributed by atoms with Crippen molar-refractivity contribution in [2.45, 2.75) is 45.8 Å². The first kappa shape index (κ1) is 22.0. The van der Waals surface area contributed by atoms with Crippen LogP contribution in [0.4, 0.5) is 0 Å². The Labute approximate surface area is 175 Å². The van der Waals surface area contributed by atoms with Crippen molar-refractivity contribution < 1.29 is 14.3 Å². The molecule has 1 unspecified atom stereocenters. The van der Waals surface area contributed by atoms with E-state index >= 15 is 0 Å². The van der Waals surface area contributed by atoms with Crippen molar-refractivity contribution in [1.82, 2.24) is 10.2 Å². The van der Waals surface area contributed by atoms with Crippen molar-refractivity contribution in [1.29, 1.82) is 0 Å². The van der Waals surface area contributed by atoms with E-state index in [9.17, 15) is 9.59 Å². The Bertz CT molecular complexity index is 763. The molecule has 2 rings (SSSR count). The summed E-state index contributed by atoms with van der Waals surface area (Å²) in [6, 6.07) is 16.4. The Morgan fingerprint density at radius 1 is 1.07 bits per heavy atom. The van der Waals surface area contributed by atoms with Gasteiger partial charge in [-0.15, -0.1) is 0 Å². The Morgan fingerprint density at radius 2 is 1.71 bits per heavy atom.